The molecular formula is C18H36N2O5. The maximum atomic E-state index is 12.4. The van der Waals surface area contributed by atoms with E-state index < -0.39 is 24.0 Å². The largest absolute Gasteiger partial charge is 0.480 e. The van der Waals surface area contributed by atoms with Crippen LogP contribution in [0.3, 0.4) is 0 Å². The molecule has 7 nitrogen and oxygen atoms in total. The Morgan fingerprint density at radius 1 is 1.12 bits per heavy atom. The number of likely N-dealkylation sites (N-methyl/N-ethyl adjacent to an activating group) is 1. The predicted molar refractivity (Wildman–Crippen MR) is 97.2 cm³/mol. The number of hydrogen-bond donors (Lipinski definition) is 2. The summed E-state index contributed by atoms with van der Waals surface area (Å²) in [7, 11) is 1.89. The molecule has 0 aromatic rings. The van der Waals surface area contributed by atoms with Gasteiger partial charge in [-0.15, -0.1) is 0 Å². The highest BCUT2D eigenvalue weighted by Gasteiger charge is 2.28. The number of nitrogens with zero attached hydrogens (tertiary/aromatic N) is 1. The minimum Gasteiger partial charge on any atom is -0.480 e. The van der Waals surface area contributed by atoms with Crippen LogP contribution in [0, 0.1) is 0 Å². The van der Waals surface area contributed by atoms with Crippen molar-refractivity contribution in [2.24, 2.45) is 0 Å². The van der Waals surface area contributed by atoms with Gasteiger partial charge in [-0.3, -0.25) is 14.6 Å². The van der Waals surface area contributed by atoms with E-state index in [9.17, 15) is 9.59 Å². The molecule has 0 saturated heterocycles. The van der Waals surface area contributed by atoms with Crippen molar-refractivity contribution in [2.45, 2.75) is 90.9 Å². The fourth-order valence-corrected chi connectivity index (χ4v) is 2.42. The molecule has 2 N–H and O–H groups in total. The number of hydrogen-bond acceptors (Lipinski definition) is 6. The molecule has 148 valence electrons. The summed E-state index contributed by atoms with van der Waals surface area (Å²) in [4.78, 5) is 35.3. The number of rotatable bonds is 14. The summed E-state index contributed by atoms with van der Waals surface area (Å²) in [5, 5.41) is 12.0. The first-order chi connectivity index (χ1) is 11.7. The highest BCUT2D eigenvalue weighted by molar-refractivity contribution is 5.75. The molecule has 0 aliphatic rings. The van der Waals surface area contributed by atoms with Crippen molar-refractivity contribution >= 4 is 11.9 Å². The van der Waals surface area contributed by atoms with Crippen molar-refractivity contribution in [3.63, 3.8) is 0 Å². The molecule has 2 unspecified atom stereocenters. The summed E-state index contributed by atoms with van der Waals surface area (Å²) in [6, 6.07) is -1.13. The number of carbonyl (C=O) groups is 2. The van der Waals surface area contributed by atoms with Gasteiger partial charge in [0, 0.05) is 12.1 Å². The monoisotopic (exact) mass is 360 g/mol. The smallest absolute Gasteiger partial charge is 0.359 e. The number of carboxylic acid groups (broad SMARTS) is 1. The minimum absolute atomic E-state index is 0.0150. The van der Waals surface area contributed by atoms with Crippen LogP contribution in [-0.4, -0.2) is 59.8 Å². The summed E-state index contributed by atoms with van der Waals surface area (Å²) in [5.41, 5.74) is 0. The van der Waals surface area contributed by atoms with Crippen LogP contribution in [0.25, 0.3) is 0 Å². The molecule has 0 fully saturated rings. The van der Waals surface area contributed by atoms with E-state index in [-0.39, 0.29) is 18.7 Å². The zero-order chi connectivity index (χ0) is 19.4. The summed E-state index contributed by atoms with van der Waals surface area (Å²) in [6.07, 6.45) is 5.00. The van der Waals surface area contributed by atoms with Crippen LogP contribution < -0.4 is 5.32 Å². The quantitative estimate of drug-likeness (QED) is 0.280. The molecule has 0 heterocycles. The van der Waals surface area contributed by atoms with E-state index in [1.54, 1.807) is 0 Å². The molecule has 0 radical (unpaired) electrons. The normalized spacial score (nSPS) is 14.1. The second-order valence-corrected chi connectivity index (χ2v) is 7.02. The molecule has 0 aromatic carbocycles. The van der Waals surface area contributed by atoms with Crippen molar-refractivity contribution in [3.8, 4) is 0 Å². The van der Waals surface area contributed by atoms with Gasteiger partial charge in [0.25, 0.3) is 0 Å². The van der Waals surface area contributed by atoms with Gasteiger partial charge >= 0.3 is 11.9 Å². The molecule has 0 aromatic heterocycles. The first kappa shape index (κ1) is 23.8. The Labute approximate surface area is 152 Å². The lowest BCUT2D eigenvalue weighted by atomic mass is 10.1. The number of aliphatic carboxylic acids is 1. The van der Waals surface area contributed by atoms with Crippen molar-refractivity contribution in [1.82, 2.24) is 10.2 Å². The topological polar surface area (TPSA) is 88.1 Å². The molecule has 0 spiro atoms. The van der Waals surface area contributed by atoms with Gasteiger partial charge in [0.15, 0.2) is 0 Å². The molecule has 2 atom stereocenters. The van der Waals surface area contributed by atoms with E-state index >= 15 is 0 Å². The van der Waals surface area contributed by atoms with Gasteiger partial charge in [-0.1, -0.05) is 46.5 Å². The van der Waals surface area contributed by atoms with Gasteiger partial charge < -0.3 is 10.4 Å². The molecule has 0 saturated carbocycles. The predicted octanol–water partition coefficient (Wildman–Crippen LogP) is 2.59. The van der Waals surface area contributed by atoms with Crippen LogP contribution in [0.5, 0.6) is 0 Å². The van der Waals surface area contributed by atoms with Gasteiger partial charge in [-0.25, -0.2) is 4.79 Å². The summed E-state index contributed by atoms with van der Waals surface area (Å²) < 4.78 is 0. The van der Waals surface area contributed by atoms with Gasteiger partial charge in [0.05, 0.1) is 0 Å². The van der Waals surface area contributed by atoms with Gasteiger partial charge in [0.2, 0.25) is 0 Å². The zero-order valence-electron chi connectivity index (χ0n) is 16.6. The van der Waals surface area contributed by atoms with Gasteiger partial charge in [0.1, 0.15) is 18.7 Å². The Morgan fingerprint density at radius 2 is 1.76 bits per heavy atom. The van der Waals surface area contributed by atoms with E-state index in [0.29, 0.717) is 6.42 Å². The number of nitrogens with one attached hydrogen (secondary N) is 1. The third kappa shape index (κ3) is 10.4. The van der Waals surface area contributed by atoms with Crippen LogP contribution >= 0.6 is 0 Å². The molecule has 0 rings (SSSR count). The Balaban J connectivity index is 4.55. The van der Waals surface area contributed by atoms with Crippen molar-refractivity contribution in [1.29, 1.82) is 0 Å². The van der Waals surface area contributed by atoms with E-state index in [2.05, 4.69) is 12.2 Å². The van der Waals surface area contributed by atoms with Crippen LogP contribution in [0.15, 0.2) is 0 Å². The van der Waals surface area contributed by atoms with Crippen molar-refractivity contribution in [3.05, 3.63) is 0 Å². The Kier molecular flexibility index (Phi) is 12.5. The molecule has 25 heavy (non-hydrogen) atoms. The third-order valence-electron chi connectivity index (χ3n) is 4.12. The highest BCUT2D eigenvalue weighted by atomic mass is 17.2. The highest BCUT2D eigenvalue weighted by Crippen LogP contribution is 2.14. The maximum Gasteiger partial charge on any atom is 0.359 e. The number of carbonyl (C=O) groups excluding carboxylic acids is 1. The van der Waals surface area contributed by atoms with Crippen LogP contribution in [0.4, 0.5) is 0 Å². The second kappa shape index (κ2) is 13.1. The summed E-state index contributed by atoms with van der Waals surface area (Å²) >= 11 is 0. The number of unbranched alkanes of at least 4 members (excludes halogenated alkanes) is 3. The van der Waals surface area contributed by atoms with E-state index in [0.717, 1.165) is 25.7 Å². The second-order valence-electron chi connectivity index (χ2n) is 7.02. The lowest BCUT2D eigenvalue weighted by molar-refractivity contribution is -0.279. The molecule has 7 heteroatoms. The average molecular weight is 360 g/mol. The Hall–Kier alpha value is -1.18. The van der Waals surface area contributed by atoms with Gasteiger partial charge in [-0.05, 0) is 27.3 Å². The van der Waals surface area contributed by atoms with Crippen LogP contribution in [0.2, 0.25) is 0 Å². The molecule has 0 amide bonds. The van der Waals surface area contributed by atoms with E-state index in [4.69, 9.17) is 14.9 Å². The van der Waals surface area contributed by atoms with Crippen molar-refractivity contribution in [2.75, 3.05) is 13.7 Å². The van der Waals surface area contributed by atoms with E-state index in [1.165, 1.54) is 0 Å². The SMILES string of the molecule is CCCCCCC(C(=O)OOCC(NC(C)C)C(=O)O)N(C)C(C)C. The van der Waals surface area contributed by atoms with Crippen molar-refractivity contribution < 1.29 is 24.5 Å². The van der Waals surface area contributed by atoms with Crippen LogP contribution in [0.1, 0.15) is 66.7 Å². The zero-order valence-corrected chi connectivity index (χ0v) is 16.6. The maximum absolute atomic E-state index is 12.4. The summed E-state index contributed by atoms with van der Waals surface area (Å²) in [6.45, 7) is 9.62. The lowest BCUT2D eigenvalue weighted by Crippen LogP contribution is -2.46. The Bertz CT molecular complexity index is 388. The first-order valence-corrected chi connectivity index (χ1v) is 9.24. The van der Waals surface area contributed by atoms with E-state index in [1.807, 2.05) is 39.6 Å². The lowest BCUT2D eigenvalue weighted by Gasteiger charge is -2.29. The minimum atomic E-state index is -1.04. The van der Waals surface area contributed by atoms with Gasteiger partial charge in [-0.2, -0.15) is 4.89 Å². The standard InChI is InChI=1S/C18H36N2O5/c1-7-8-9-10-11-16(20(6)14(4)5)18(23)25-24-12-15(17(21)22)19-13(2)3/h13-16,19H,7-12H2,1-6H3,(H,21,22). The summed E-state index contributed by atoms with van der Waals surface area (Å²) in [5.74, 6) is -1.51. The fourth-order valence-electron chi connectivity index (χ4n) is 2.42. The molecule has 0 bridgehead atoms. The molecular weight excluding hydrogens is 324 g/mol. The Morgan fingerprint density at radius 3 is 2.24 bits per heavy atom. The first-order valence-electron chi connectivity index (χ1n) is 9.24. The molecule has 0 aliphatic heterocycles. The third-order valence-corrected chi connectivity index (χ3v) is 4.12. The number of carboxylic acids is 1. The van der Waals surface area contributed by atoms with Crippen LogP contribution in [-0.2, 0) is 19.4 Å². The molecule has 0 aliphatic carbocycles. The fraction of sp³-hybridized carbons (Fsp3) is 0.889. The average Bonchev–Trinajstić information content (AvgIpc) is 2.52.